The molecule has 8 nitrogen and oxygen atoms in total. The van der Waals surface area contributed by atoms with Crippen molar-refractivity contribution in [2.75, 3.05) is 19.6 Å². The van der Waals surface area contributed by atoms with E-state index in [0.29, 0.717) is 24.9 Å². The van der Waals surface area contributed by atoms with Crippen LogP contribution in [-0.4, -0.2) is 62.1 Å². The smallest absolute Gasteiger partial charge is 0.242 e. The number of carbonyl (C=O) groups excluding carboxylic acids is 3. The molecule has 2 saturated carbocycles. The van der Waals surface area contributed by atoms with Crippen LogP contribution in [0, 0.1) is 23.7 Å². The van der Waals surface area contributed by atoms with Gasteiger partial charge in [0.25, 0.3) is 0 Å². The topological polar surface area (TPSA) is 96.4 Å². The van der Waals surface area contributed by atoms with E-state index in [-0.39, 0.29) is 42.0 Å². The number of aromatic nitrogens is 3. The lowest BCUT2D eigenvalue weighted by Crippen LogP contribution is -2.46. The van der Waals surface area contributed by atoms with Crippen LogP contribution in [0.1, 0.15) is 43.7 Å². The quantitative estimate of drug-likeness (QED) is 0.670. The van der Waals surface area contributed by atoms with E-state index in [4.69, 9.17) is 0 Å². The number of fused-ring (bicyclic) bond motifs is 5. The highest BCUT2D eigenvalue weighted by Gasteiger charge is 2.61. The van der Waals surface area contributed by atoms with Crippen molar-refractivity contribution in [3.8, 4) is 11.1 Å². The molecular formula is C25H27N5O3. The summed E-state index contributed by atoms with van der Waals surface area (Å²) in [6, 6.07) is 3.87. The number of amides is 3. The van der Waals surface area contributed by atoms with Crippen molar-refractivity contribution in [3.05, 3.63) is 42.7 Å². The summed E-state index contributed by atoms with van der Waals surface area (Å²) in [6.45, 7) is 1.04. The number of pyridine rings is 1. The van der Waals surface area contributed by atoms with Gasteiger partial charge < -0.3 is 4.90 Å². The molecule has 3 amide bonds. The molecule has 0 radical (unpaired) electrons. The van der Waals surface area contributed by atoms with Crippen molar-refractivity contribution >= 4 is 17.7 Å². The van der Waals surface area contributed by atoms with Gasteiger partial charge in [0, 0.05) is 43.2 Å². The summed E-state index contributed by atoms with van der Waals surface area (Å²) in [5.41, 5.74) is 2.87. The number of rotatable bonds is 4. The standard InChI is InChI=1S/C25H27N5O3/c31-20(13-30-24(32)21-16-3-4-17(10-16)22(21)25(30)33)29-9-1-2-18(12-29)23-19(11-27-14-28-23)15-5-7-26-8-6-15/h5-8,11,14,16-18,21-22H,1-4,9-10,12-13H2/t16-,17-,18-,21+,22+/m0/s1. The van der Waals surface area contributed by atoms with E-state index in [1.807, 2.05) is 18.3 Å². The lowest BCUT2D eigenvalue weighted by atomic mass is 9.81. The van der Waals surface area contributed by atoms with E-state index in [9.17, 15) is 14.4 Å². The molecule has 4 fully saturated rings. The summed E-state index contributed by atoms with van der Waals surface area (Å²) >= 11 is 0. The Bertz CT molecular complexity index is 1080. The monoisotopic (exact) mass is 445 g/mol. The highest BCUT2D eigenvalue weighted by atomic mass is 16.2. The number of carbonyl (C=O) groups is 3. The lowest BCUT2D eigenvalue weighted by molar-refractivity contribution is -0.147. The van der Waals surface area contributed by atoms with Crippen LogP contribution in [0.15, 0.2) is 37.1 Å². The second-order valence-corrected chi connectivity index (χ2v) is 9.88. The third-order valence-electron chi connectivity index (χ3n) is 8.21. The molecule has 0 N–H and O–H groups in total. The maximum Gasteiger partial charge on any atom is 0.242 e. The van der Waals surface area contributed by atoms with Gasteiger partial charge in [0.05, 0.1) is 17.5 Å². The molecule has 8 heteroatoms. The zero-order valence-corrected chi connectivity index (χ0v) is 18.5. The predicted octanol–water partition coefficient (Wildman–Crippen LogP) is 2.28. The number of likely N-dealkylation sites (tertiary alicyclic amines) is 2. The molecule has 0 spiro atoms. The minimum atomic E-state index is -0.179. The molecule has 2 aliphatic heterocycles. The first-order chi connectivity index (χ1) is 16.1. The maximum atomic E-state index is 13.2. The van der Waals surface area contributed by atoms with Gasteiger partial charge >= 0.3 is 0 Å². The van der Waals surface area contributed by atoms with Crippen LogP contribution in [0.2, 0.25) is 0 Å². The van der Waals surface area contributed by atoms with Crippen LogP contribution >= 0.6 is 0 Å². The first kappa shape index (κ1) is 20.4. The zero-order valence-electron chi connectivity index (χ0n) is 18.5. The van der Waals surface area contributed by atoms with Crippen molar-refractivity contribution in [2.24, 2.45) is 23.7 Å². The SMILES string of the molecule is O=C(CN1C(=O)[C@@H]2[C@H]3CC[C@@H](C3)[C@H]2C1=O)N1CCC[C@H](c2ncncc2-c2ccncc2)C1. The van der Waals surface area contributed by atoms with Gasteiger partial charge in [0.2, 0.25) is 17.7 Å². The zero-order chi connectivity index (χ0) is 22.5. The highest BCUT2D eigenvalue weighted by molar-refractivity contribution is 6.08. The molecule has 2 aromatic heterocycles. The third kappa shape index (κ3) is 3.34. The van der Waals surface area contributed by atoms with Gasteiger partial charge in [-0.1, -0.05) is 0 Å². The summed E-state index contributed by atoms with van der Waals surface area (Å²) in [4.78, 5) is 55.2. The molecule has 2 saturated heterocycles. The van der Waals surface area contributed by atoms with E-state index in [1.54, 1.807) is 23.6 Å². The fourth-order valence-electron chi connectivity index (χ4n) is 6.71. The van der Waals surface area contributed by atoms with Crippen molar-refractivity contribution in [2.45, 2.75) is 38.0 Å². The summed E-state index contributed by atoms with van der Waals surface area (Å²) in [6.07, 6.45) is 11.7. The van der Waals surface area contributed by atoms with Crippen LogP contribution in [0.25, 0.3) is 11.1 Å². The third-order valence-corrected chi connectivity index (χ3v) is 8.21. The maximum absolute atomic E-state index is 13.2. The number of hydrogen-bond acceptors (Lipinski definition) is 6. The second-order valence-electron chi connectivity index (χ2n) is 9.88. The normalized spacial score (nSPS) is 30.7. The van der Waals surface area contributed by atoms with E-state index >= 15 is 0 Å². The molecule has 2 bridgehead atoms. The van der Waals surface area contributed by atoms with E-state index in [2.05, 4.69) is 15.0 Å². The van der Waals surface area contributed by atoms with E-state index in [1.165, 1.54) is 4.90 Å². The predicted molar refractivity (Wildman–Crippen MR) is 118 cm³/mol. The molecule has 2 aromatic rings. The summed E-state index contributed by atoms with van der Waals surface area (Å²) in [7, 11) is 0. The Morgan fingerprint density at radius 2 is 1.73 bits per heavy atom. The Balaban J connectivity index is 1.18. The van der Waals surface area contributed by atoms with Crippen molar-refractivity contribution in [3.63, 3.8) is 0 Å². The molecule has 0 unspecified atom stereocenters. The minimum Gasteiger partial charge on any atom is -0.340 e. The fraction of sp³-hybridized carbons (Fsp3) is 0.520. The summed E-state index contributed by atoms with van der Waals surface area (Å²) in [5.74, 6) is 0.0110. The average Bonchev–Trinajstić information content (AvgIpc) is 3.55. The van der Waals surface area contributed by atoms with Crippen LogP contribution in [-0.2, 0) is 14.4 Å². The van der Waals surface area contributed by atoms with Crippen LogP contribution < -0.4 is 0 Å². The first-order valence-corrected chi connectivity index (χ1v) is 11.9. The lowest BCUT2D eigenvalue weighted by Gasteiger charge is -2.34. The molecule has 4 heterocycles. The van der Waals surface area contributed by atoms with Gasteiger partial charge in [0.15, 0.2) is 0 Å². The van der Waals surface area contributed by atoms with Gasteiger partial charge in [-0.3, -0.25) is 24.3 Å². The average molecular weight is 446 g/mol. The largest absolute Gasteiger partial charge is 0.340 e. The number of nitrogens with zero attached hydrogens (tertiary/aromatic N) is 5. The number of hydrogen-bond donors (Lipinski definition) is 0. The van der Waals surface area contributed by atoms with Crippen LogP contribution in [0.5, 0.6) is 0 Å². The Morgan fingerprint density at radius 3 is 2.45 bits per heavy atom. The van der Waals surface area contributed by atoms with Crippen molar-refractivity contribution in [1.82, 2.24) is 24.8 Å². The fourth-order valence-corrected chi connectivity index (χ4v) is 6.71. The molecule has 0 aromatic carbocycles. The molecular weight excluding hydrogens is 418 g/mol. The number of imide groups is 1. The number of piperidine rings is 1. The van der Waals surface area contributed by atoms with Gasteiger partial charge in [-0.15, -0.1) is 0 Å². The van der Waals surface area contributed by atoms with Crippen molar-refractivity contribution < 1.29 is 14.4 Å². The van der Waals surface area contributed by atoms with Crippen LogP contribution in [0.4, 0.5) is 0 Å². The molecule has 2 aliphatic carbocycles. The second kappa shape index (κ2) is 8.01. The Labute approximate surface area is 192 Å². The first-order valence-electron chi connectivity index (χ1n) is 11.9. The highest BCUT2D eigenvalue weighted by Crippen LogP contribution is 2.56. The van der Waals surface area contributed by atoms with Gasteiger partial charge in [-0.2, -0.15) is 0 Å². The van der Waals surface area contributed by atoms with Gasteiger partial charge in [-0.25, -0.2) is 9.97 Å². The van der Waals surface area contributed by atoms with Crippen LogP contribution in [0.3, 0.4) is 0 Å². The Morgan fingerprint density at radius 1 is 1.00 bits per heavy atom. The Kier molecular flexibility index (Phi) is 4.96. The molecule has 170 valence electrons. The summed E-state index contributed by atoms with van der Waals surface area (Å²) in [5, 5.41) is 0. The van der Waals surface area contributed by atoms with Crippen molar-refractivity contribution in [1.29, 1.82) is 0 Å². The molecule has 4 aliphatic rings. The molecule has 6 rings (SSSR count). The van der Waals surface area contributed by atoms with E-state index in [0.717, 1.165) is 48.9 Å². The van der Waals surface area contributed by atoms with Gasteiger partial charge in [-0.05, 0) is 61.6 Å². The molecule has 5 atom stereocenters. The molecule has 33 heavy (non-hydrogen) atoms. The Hall–Kier alpha value is -3.16. The van der Waals surface area contributed by atoms with Gasteiger partial charge in [0.1, 0.15) is 12.9 Å². The van der Waals surface area contributed by atoms with E-state index < -0.39 is 0 Å². The summed E-state index contributed by atoms with van der Waals surface area (Å²) < 4.78 is 0. The minimum absolute atomic E-state index is 0.0778.